The number of carbonyl (C=O) groups excluding carboxylic acids is 1. The molecule has 98 valence electrons. The van der Waals surface area contributed by atoms with Gasteiger partial charge in [-0.3, -0.25) is 4.79 Å². The number of hydrogen-bond acceptors (Lipinski definition) is 3. The lowest BCUT2D eigenvalue weighted by atomic mass is 10.1. The molecule has 1 aromatic rings. The smallest absolute Gasteiger partial charge is 0.221 e. The van der Waals surface area contributed by atoms with Gasteiger partial charge in [-0.25, -0.2) is 0 Å². The lowest BCUT2D eigenvalue weighted by Gasteiger charge is -2.18. The van der Waals surface area contributed by atoms with Crippen molar-refractivity contribution in [3.63, 3.8) is 0 Å². The molecule has 0 bridgehead atoms. The molecule has 1 aliphatic carbocycles. The third-order valence-electron chi connectivity index (χ3n) is 3.31. The first-order valence-corrected chi connectivity index (χ1v) is 6.28. The number of aliphatic hydroxyl groups is 1. The average molecular weight is 248 g/mol. The summed E-state index contributed by atoms with van der Waals surface area (Å²) in [6.07, 6.45) is 0.568. The highest BCUT2D eigenvalue weighted by Crippen LogP contribution is 2.31. The van der Waals surface area contributed by atoms with Crippen LogP contribution in [0.15, 0.2) is 24.3 Å². The van der Waals surface area contributed by atoms with Gasteiger partial charge in [0.2, 0.25) is 5.91 Å². The summed E-state index contributed by atoms with van der Waals surface area (Å²) in [4.78, 5) is 13.8. The first-order chi connectivity index (χ1) is 8.58. The number of rotatable bonds is 4. The van der Waals surface area contributed by atoms with Gasteiger partial charge >= 0.3 is 0 Å². The zero-order valence-electron chi connectivity index (χ0n) is 10.9. The maximum atomic E-state index is 11.8. The Kier molecular flexibility index (Phi) is 3.99. The van der Waals surface area contributed by atoms with Gasteiger partial charge in [-0.05, 0) is 25.2 Å². The van der Waals surface area contributed by atoms with Crippen molar-refractivity contribution in [2.75, 3.05) is 20.6 Å². The number of aliphatic hydroxyl groups excluding tert-OH is 1. The van der Waals surface area contributed by atoms with E-state index in [0.717, 1.165) is 17.7 Å². The monoisotopic (exact) mass is 248 g/mol. The molecule has 2 rings (SSSR count). The molecule has 0 saturated carbocycles. The summed E-state index contributed by atoms with van der Waals surface area (Å²) in [5.41, 5.74) is 2.17. The highest BCUT2D eigenvalue weighted by Gasteiger charge is 2.31. The molecule has 2 N–H and O–H groups in total. The van der Waals surface area contributed by atoms with Gasteiger partial charge in [-0.15, -0.1) is 0 Å². The maximum absolute atomic E-state index is 11.8. The Morgan fingerprint density at radius 1 is 1.44 bits per heavy atom. The number of benzene rings is 1. The number of fused-ring (bicyclic) bond motifs is 1. The molecule has 0 heterocycles. The van der Waals surface area contributed by atoms with Gasteiger partial charge in [0, 0.05) is 19.4 Å². The van der Waals surface area contributed by atoms with E-state index >= 15 is 0 Å². The molecular weight excluding hydrogens is 228 g/mol. The standard InChI is InChI=1S/C14H20N2O2/c1-16(2)8-7-13(18)15-14-11-6-4-3-5-10(11)9-12(14)17/h3-6,12,14,17H,7-9H2,1-2H3,(H,15,18)/t12-,14+/m0/s1. The van der Waals surface area contributed by atoms with Crippen LogP contribution in [0.25, 0.3) is 0 Å². The van der Waals surface area contributed by atoms with Crippen molar-refractivity contribution in [2.24, 2.45) is 0 Å². The number of carbonyl (C=O) groups is 1. The topological polar surface area (TPSA) is 52.6 Å². The molecule has 0 aliphatic heterocycles. The Hall–Kier alpha value is -1.39. The van der Waals surface area contributed by atoms with E-state index in [0.29, 0.717) is 12.8 Å². The Morgan fingerprint density at radius 2 is 2.17 bits per heavy atom. The van der Waals surface area contributed by atoms with E-state index in [2.05, 4.69) is 5.32 Å². The molecule has 0 radical (unpaired) electrons. The zero-order valence-corrected chi connectivity index (χ0v) is 10.9. The van der Waals surface area contributed by atoms with Crippen molar-refractivity contribution in [1.82, 2.24) is 10.2 Å². The van der Waals surface area contributed by atoms with Crippen LogP contribution in [-0.4, -0.2) is 42.7 Å². The van der Waals surface area contributed by atoms with Crippen molar-refractivity contribution < 1.29 is 9.90 Å². The first kappa shape index (κ1) is 13.1. The lowest BCUT2D eigenvalue weighted by Crippen LogP contribution is -2.35. The zero-order chi connectivity index (χ0) is 13.1. The van der Waals surface area contributed by atoms with Gasteiger partial charge < -0.3 is 15.3 Å². The molecular formula is C14H20N2O2. The van der Waals surface area contributed by atoms with Crippen LogP contribution in [0.5, 0.6) is 0 Å². The number of hydrogen-bond donors (Lipinski definition) is 2. The molecule has 0 aromatic heterocycles. The minimum Gasteiger partial charge on any atom is -0.390 e. The molecule has 4 nitrogen and oxygen atoms in total. The van der Waals surface area contributed by atoms with Crippen LogP contribution in [0.4, 0.5) is 0 Å². The number of amides is 1. The predicted molar refractivity (Wildman–Crippen MR) is 70.2 cm³/mol. The second-order valence-electron chi connectivity index (χ2n) is 5.07. The quantitative estimate of drug-likeness (QED) is 0.825. The van der Waals surface area contributed by atoms with Crippen molar-refractivity contribution >= 4 is 5.91 Å². The van der Waals surface area contributed by atoms with Crippen molar-refractivity contribution in [3.05, 3.63) is 35.4 Å². The van der Waals surface area contributed by atoms with E-state index in [9.17, 15) is 9.90 Å². The second-order valence-corrected chi connectivity index (χ2v) is 5.07. The van der Waals surface area contributed by atoms with Crippen LogP contribution in [0.3, 0.4) is 0 Å². The van der Waals surface area contributed by atoms with Gasteiger partial charge in [0.15, 0.2) is 0 Å². The first-order valence-electron chi connectivity index (χ1n) is 6.28. The highest BCUT2D eigenvalue weighted by atomic mass is 16.3. The van der Waals surface area contributed by atoms with Gasteiger partial charge in [0.05, 0.1) is 12.1 Å². The van der Waals surface area contributed by atoms with Crippen LogP contribution >= 0.6 is 0 Å². The molecule has 0 saturated heterocycles. The third-order valence-corrected chi connectivity index (χ3v) is 3.31. The number of nitrogens with one attached hydrogen (secondary N) is 1. The second kappa shape index (κ2) is 5.50. The van der Waals surface area contributed by atoms with E-state index in [4.69, 9.17) is 0 Å². The van der Waals surface area contributed by atoms with Crippen LogP contribution < -0.4 is 5.32 Å². The Bertz CT molecular complexity index is 432. The van der Waals surface area contributed by atoms with Gasteiger partial charge in [0.25, 0.3) is 0 Å². The molecule has 4 heteroatoms. The largest absolute Gasteiger partial charge is 0.390 e. The molecule has 1 amide bonds. The summed E-state index contributed by atoms with van der Waals surface area (Å²) < 4.78 is 0. The van der Waals surface area contributed by atoms with Crippen LogP contribution in [0, 0.1) is 0 Å². The SMILES string of the molecule is CN(C)CCC(=O)N[C@@H]1c2ccccc2C[C@@H]1O. The molecule has 0 fully saturated rings. The summed E-state index contributed by atoms with van der Waals surface area (Å²) in [6.45, 7) is 0.719. The van der Waals surface area contributed by atoms with Gasteiger partial charge in [0.1, 0.15) is 0 Å². The third kappa shape index (κ3) is 2.89. The summed E-state index contributed by atoms with van der Waals surface area (Å²) >= 11 is 0. The van der Waals surface area contributed by atoms with Crippen LogP contribution in [0.1, 0.15) is 23.6 Å². The van der Waals surface area contributed by atoms with Crippen LogP contribution in [-0.2, 0) is 11.2 Å². The number of nitrogens with zero attached hydrogens (tertiary/aromatic N) is 1. The normalized spacial score (nSPS) is 22.0. The molecule has 1 aromatic carbocycles. The van der Waals surface area contributed by atoms with Gasteiger partial charge in [-0.1, -0.05) is 24.3 Å². The highest BCUT2D eigenvalue weighted by molar-refractivity contribution is 5.77. The predicted octanol–water partition coefficient (Wildman–Crippen LogP) is 0.713. The fraction of sp³-hybridized carbons (Fsp3) is 0.500. The minimum atomic E-state index is -0.509. The summed E-state index contributed by atoms with van der Waals surface area (Å²) in [6, 6.07) is 7.63. The summed E-state index contributed by atoms with van der Waals surface area (Å²) in [5, 5.41) is 12.9. The van der Waals surface area contributed by atoms with Gasteiger partial charge in [-0.2, -0.15) is 0 Å². The fourth-order valence-electron chi connectivity index (χ4n) is 2.32. The molecule has 1 aliphatic rings. The molecule has 0 unspecified atom stereocenters. The molecule has 0 spiro atoms. The Labute approximate surface area is 108 Å². The Morgan fingerprint density at radius 3 is 2.89 bits per heavy atom. The van der Waals surface area contributed by atoms with Crippen LogP contribution in [0.2, 0.25) is 0 Å². The maximum Gasteiger partial charge on any atom is 0.221 e. The van der Waals surface area contributed by atoms with E-state index < -0.39 is 6.10 Å². The Balaban J connectivity index is 1.99. The molecule has 2 atom stereocenters. The summed E-state index contributed by atoms with van der Waals surface area (Å²) in [7, 11) is 3.87. The lowest BCUT2D eigenvalue weighted by molar-refractivity contribution is -0.122. The van der Waals surface area contributed by atoms with E-state index in [1.54, 1.807) is 0 Å². The van der Waals surface area contributed by atoms with E-state index in [1.165, 1.54) is 0 Å². The van der Waals surface area contributed by atoms with E-state index in [-0.39, 0.29) is 11.9 Å². The average Bonchev–Trinajstić information content (AvgIpc) is 2.64. The fourth-order valence-corrected chi connectivity index (χ4v) is 2.32. The minimum absolute atomic E-state index is 0.00977. The van der Waals surface area contributed by atoms with E-state index in [1.807, 2.05) is 43.3 Å². The summed E-state index contributed by atoms with van der Waals surface area (Å²) in [5.74, 6) is -0.00977. The van der Waals surface area contributed by atoms with Crippen molar-refractivity contribution in [1.29, 1.82) is 0 Å². The molecule has 18 heavy (non-hydrogen) atoms. The van der Waals surface area contributed by atoms with Crippen molar-refractivity contribution in [2.45, 2.75) is 25.0 Å². The van der Waals surface area contributed by atoms with Crippen molar-refractivity contribution in [3.8, 4) is 0 Å².